The van der Waals surface area contributed by atoms with Crippen LogP contribution in [-0.2, 0) is 5.72 Å². The minimum absolute atomic E-state index is 0.0119. The smallest absolute Gasteiger partial charge is 0.277 e. The first-order chi connectivity index (χ1) is 11.0. The molecule has 2 aromatic rings. The molecule has 1 atom stereocenters. The number of phenolic OH excluding ortho intramolecular Hbond substituents is 1. The van der Waals surface area contributed by atoms with Crippen LogP contribution in [0.3, 0.4) is 0 Å². The van der Waals surface area contributed by atoms with E-state index in [0.717, 1.165) is 10.7 Å². The molecule has 0 radical (unpaired) electrons. The van der Waals surface area contributed by atoms with Gasteiger partial charge in [-0.15, -0.1) is 0 Å². The average molecular weight is 311 g/mol. The Labute approximate surface area is 133 Å². The Bertz CT molecular complexity index is 761. The van der Waals surface area contributed by atoms with Gasteiger partial charge in [0.05, 0.1) is 0 Å². The number of amides is 1. The molecule has 1 amide bonds. The van der Waals surface area contributed by atoms with Crippen molar-refractivity contribution in [2.75, 3.05) is 0 Å². The predicted molar refractivity (Wildman–Crippen MR) is 84.8 cm³/mol. The van der Waals surface area contributed by atoms with Crippen molar-refractivity contribution in [2.24, 2.45) is 5.10 Å². The average Bonchev–Trinajstić information content (AvgIpc) is 2.93. The molecule has 1 aromatic carbocycles. The van der Waals surface area contributed by atoms with Crippen molar-refractivity contribution in [2.45, 2.75) is 25.5 Å². The molecule has 1 unspecified atom stereocenters. The molecule has 6 heteroatoms. The number of hydrogen-bond acceptors (Lipinski definition) is 5. The van der Waals surface area contributed by atoms with Gasteiger partial charge >= 0.3 is 0 Å². The van der Waals surface area contributed by atoms with Crippen molar-refractivity contribution in [3.63, 3.8) is 0 Å². The Balaban J connectivity index is 2.03. The maximum atomic E-state index is 12.8. The Morgan fingerprint density at radius 2 is 2.04 bits per heavy atom. The van der Waals surface area contributed by atoms with Crippen LogP contribution < -0.4 is 0 Å². The lowest BCUT2D eigenvalue weighted by atomic mass is 9.97. The van der Waals surface area contributed by atoms with Crippen molar-refractivity contribution < 1.29 is 15.0 Å². The highest BCUT2D eigenvalue weighted by Crippen LogP contribution is 2.37. The zero-order valence-corrected chi connectivity index (χ0v) is 12.7. The van der Waals surface area contributed by atoms with Gasteiger partial charge in [0, 0.05) is 35.7 Å². The second-order valence-corrected chi connectivity index (χ2v) is 5.42. The molecular formula is C17H17N3O3. The van der Waals surface area contributed by atoms with Crippen molar-refractivity contribution in [1.29, 1.82) is 0 Å². The van der Waals surface area contributed by atoms with Gasteiger partial charge in [-0.3, -0.25) is 9.78 Å². The Morgan fingerprint density at radius 1 is 1.30 bits per heavy atom. The SMILES string of the molecule is CCC1=NN(C(=O)c2cccc(O)c2)C(O)(c2ccncc2)C1. The molecule has 3 rings (SSSR count). The first-order valence-electron chi connectivity index (χ1n) is 7.37. The lowest BCUT2D eigenvalue weighted by Crippen LogP contribution is -2.43. The van der Waals surface area contributed by atoms with E-state index >= 15 is 0 Å². The number of pyridine rings is 1. The number of aliphatic hydroxyl groups is 1. The normalized spacial score (nSPS) is 20.4. The fourth-order valence-corrected chi connectivity index (χ4v) is 2.63. The Kier molecular flexibility index (Phi) is 3.83. The van der Waals surface area contributed by atoms with Gasteiger partial charge in [0.25, 0.3) is 5.91 Å². The van der Waals surface area contributed by atoms with Crippen molar-refractivity contribution in [3.8, 4) is 5.75 Å². The third kappa shape index (κ3) is 2.68. The summed E-state index contributed by atoms with van der Waals surface area (Å²) in [4.78, 5) is 16.7. The molecule has 1 aliphatic rings. The molecule has 0 aliphatic carbocycles. The zero-order valence-electron chi connectivity index (χ0n) is 12.7. The van der Waals surface area contributed by atoms with Crippen molar-refractivity contribution >= 4 is 11.6 Å². The summed E-state index contributed by atoms with van der Waals surface area (Å²) in [6.07, 6.45) is 4.01. The first kappa shape index (κ1) is 15.2. The van der Waals surface area contributed by atoms with Crippen LogP contribution in [0, 0.1) is 0 Å². The Morgan fingerprint density at radius 3 is 2.70 bits per heavy atom. The summed E-state index contributed by atoms with van der Waals surface area (Å²) in [7, 11) is 0. The topological polar surface area (TPSA) is 86.0 Å². The molecule has 0 spiro atoms. The number of phenols is 1. The highest BCUT2D eigenvalue weighted by Gasteiger charge is 2.45. The minimum atomic E-state index is -1.54. The largest absolute Gasteiger partial charge is 0.508 e. The van der Waals surface area contributed by atoms with E-state index in [9.17, 15) is 15.0 Å². The number of hydrazone groups is 1. The molecule has 118 valence electrons. The van der Waals surface area contributed by atoms with E-state index in [1.54, 1.807) is 36.7 Å². The Hall–Kier alpha value is -2.73. The highest BCUT2D eigenvalue weighted by molar-refractivity contribution is 5.98. The molecule has 0 saturated carbocycles. The molecular weight excluding hydrogens is 294 g/mol. The molecule has 0 fully saturated rings. The summed E-state index contributed by atoms with van der Waals surface area (Å²) >= 11 is 0. The van der Waals surface area contributed by atoms with Crippen LogP contribution in [0.4, 0.5) is 0 Å². The van der Waals surface area contributed by atoms with Gasteiger partial charge in [-0.05, 0) is 36.8 Å². The second kappa shape index (κ2) is 5.81. The number of carbonyl (C=O) groups is 1. The number of benzene rings is 1. The molecule has 1 aromatic heterocycles. The molecule has 1 aliphatic heterocycles. The van der Waals surface area contributed by atoms with Gasteiger partial charge in [-0.2, -0.15) is 10.1 Å². The van der Waals surface area contributed by atoms with E-state index in [-0.39, 0.29) is 17.7 Å². The lowest BCUT2D eigenvalue weighted by molar-refractivity contribution is -0.0766. The molecule has 23 heavy (non-hydrogen) atoms. The number of nitrogens with zero attached hydrogens (tertiary/aromatic N) is 3. The summed E-state index contributed by atoms with van der Waals surface area (Å²) in [6, 6.07) is 9.32. The maximum Gasteiger partial charge on any atom is 0.277 e. The standard InChI is InChI=1S/C17H17N3O3/c1-2-14-11-17(23,13-6-8-18-9-7-13)20(19-14)16(22)12-4-3-5-15(21)10-12/h3-10,21,23H,2,11H2,1H3. The van der Waals surface area contributed by atoms with Crippen molar-refractivity contribution in [1.82, 2.24) is 9.99 Å². The van der Waals surface area contributed by atoms with Crippen LogP contribution in [0.2, 0.25) is 0 Å². The lowest BCUT2D eigenvalue weighted by Gasteiger charge is -2.31. The van der Waals surface area contributed by atoms with Crippen LogP contribution >= 0.6 is 0 Å². The van der Waals surface area contributed by atoms with Gasteiger partial charge in [0.15, 0.2) is 5.72 Å². The number of aromatic nitrogens is 1. The fourth-order valence-electron chi connectivity index (χ4n) is 2.63. The van der Waals surface area contributed by atoms with E-state index in [0.29, 0.717) is 12.0 Å². The van der Waals surface area contributed by atoms with Gasteiger partial charge in [0.1, 0.15) is 5.75 Å². The van der Waals surface area contributed by atoms with Crippen LogP contribution in [0.1, 0.15) is 35.7 Å². The van der Waals surface area contributed by atoms with Crippen LogP contribution in [-0.4, -0.2) is 31.8 Å². The third-order valence-corrected chi connectivity index (χ3v) is 3.88. The van der Waals surface area contributed by atoms with Gasteiger partial charge < -0.3 is 10.2 Å². The summed E-state index contributed by atoms with van der Waals surface area (Å²) in [5.41, 5.74) is 0.00111. The molecule has 0 bridgehead atoms. The first-order valence-corrected chi connectivity index (χ1v) is 7.37. The molecule has 6 nitrogen and oxygen atoms in total. The van der Waals surface area contributed by atoms with Gasteiger partial charge in [0.2, 0.25) is 0 Å². The van der Waals surface area contributed by atoms with Crippen LogP contribution in [0.15, 0.2) is 53.9 Å². The summed E-state index contributed by atoms with van der Waals surface area (Å²) < 4.78 is 0. The van der Waals surface area contributed by atoms with E-state index in [2.05, 4.69) is 10.1 Å². The predicted octanol–water partition coefficient (Wildman–Crippen LogP) is 2.24. The van der Waals surface area contributed by atoms with Gasteiger partial charge in [-0.1, -0.05) is 13.0 Å². The minimum Gasteiger partial charge on any atom is -0.508 e. The quantitative estimate of drug-likeness (QED) is 0.910. The number of carbonyl (C=O) groups excluding carboxylic acids is 1. The maximum absolute atomic E-state index is 12.8. The monoisotopic (exact) mass is 311 g/mol. The van der Waals surface area contributed by atoms with E-state index in [4.69, 9.17) is 0 Å². The highest BCUT2D eigenvalue weighted by atomic mass is 16.3. The molecule has 0 saturated heterocycles. The van der Waals surface area contributed by atoms with Crippen molar-refractivity contribution in [3.05, 3.63) is 59.9 Å². The summed E-state index contributed by atoms with van der Waals surface area (Å²) in [6.45, 7) is 1.92. The van der Waals surface area contributed by atoms with Crippen LogP contribution in [0.5, 0.6) is 5.75 Å². The summed E-state index contributed by atoms with van der Waals surface area (Å²) in [5.74, 6) is -0.481. The zero-order chi connectivity index (χ0) is 16.4. The number of hydrogen-bond donors (Lipinski definition) is 2. The molecule has 2 heterocycles. The fraction of sp³-hybridized carbons (Fsp3) is 0.235. The number of aromatic hydroxyl groups is 1. The van der Waals surface area contributed by atoms with E-state index < -0.39 is 11.6 Å². The van der Waals surface area contributed by atoms with E-state index in [1.165, 1.54) is 12.1 Å². The molecule has 2 N–H and O–H groups in total. The second-order valence-electron chi connectivity index (χ2n) is 5.42. The third-order valence-electron chi connectivity index (χ3n) is 3.88. The van der Waals surface area contributed by atoms with Crippen LogP contribution in [0.25, 0.3) is 0 Å². The van der Waals surface area contributed by atoms with E-state index in [1.807, 2.05) is 6.92 Å². The summed E-state index contributed by atoms with van der Waals surface area (Å²) in [5, 5.41) is 26.1. The van der Waals surface area contributed by atoms with Gasteiger partial charge in [-0.25, -0.2) is 0 Å². The number of rotatable bonds is 3.